The number of urea groups is 1. The van der Waals surface area contributed by atoms with Crippen molar-refractivity contribution in [3.8, 4) is 0 Å². The van der Waals surface area contributed by atoms with Crippen LogP contribution in [0.25, 0.3) is 0 Å². The van der Waals surface area contributed by atoms with E-state index in [1.807, 2.05) is 5.32 Å². The Kier molecular flexibility index (Phi) is 4.95. The molecule has 0 aromatic rings. The van der Waals surface area contributed by atoms with Crippen LogP contribution in [0, 0.1) is 0 Å². The molecule has 4 amide bonds. The molecule has 0 spiro atoms. The number of aliphatic imine (C=N–C) groups is 1. The molecule has 3 aliphatic heterocycles. The molecule has 5 N–H and O–H groups in total. The van der Waals surface area contributed by atoms with Gasteiger partial charge in [0, 0.05) is 11.0 Å². The van der Waals surface area contributed by atoms with E-state index in [0.29, 0.717) is 6.42 Å². The lowest BCUT2D eigenvalue weighted by Crippen LogP contribution is -2.38. The molecule has 0 aromatic heterocycles. The Balaban J connectivity index is 1.61. The zero-order valence-electron chi connectivity index (χ0n) is 13.1. The fraction of sp³-hybridized carbons (Fsp3) is 0.643. The molecule has 3 aliphatic rings. The topological polar surface area (TPSA) is 157 Å². The van der Waals surface area contributed by atoms with Crippen molar-refractivity contribution in [3.05, 3.63) is 0 Å². The molecule has 25 heavy (non-hydrogen) atoms. The average Bonchev–Trinajstić information content (AvgIpc) is 3.16. The Labute approximate surface area is 146 Å². The maximum absolute atomic E-state index is 11.5. The van der Waals surface area contributed by atoms with E-state index >= 15 is 0 Å². The van der Waals surface area contributed by atoms with Crippen molar-refractivity contribution >= 4 is 41.3 Å². The second kappa shape index (κ2) is 7.00. The summed E-state index contributed by atoms with van der Waals surface area (Å²) in [7, 11) is 0. The minimum atomic E-state index is -1.42. The summed E-state index contributed by atoms with van der Waals surface area (Å²) in [6, 6.07) is -1.34. The van der Waals surface area contributed by atoms with Crippen molar-refractivity contribution in [3.63, 3.8) is 0 Å². The van der Waals surface area contributed by atoms with Crippen LogP contribution in [0.2, 0.25) is 0 Å². The molecule has 10 nitrogen and oxygen atoms in total. The number of carbonyl (C=O) groups is 4. The van der Waals surface area contributed by atoms with Crippen molar-refractivity contribution < 1.29 is 29.4 Å². The molecule has 0 aliphatic carbocycles. The lowest BCUT2D eigenvalue weighted by Gasteiger charge is -2.19. The quantitative estimate of drug-likeness (QED) is 0.210. The first-order chi connectivity index (χ1) is 11.8. The summed E-state index contributed by atoms with van der Waals surface area (Å²) in [5, 5.41) is 27.2. The SMILES string of the molecule is O=C1CC(N=C(C(=O)O)C(O)CC[C@@H]2SC[C@@H]3NC(=O)N[C@@H]32)C(=O)N1. The summed E-state index contributed by atoms with van der Waals surface area (Å²) in [6.07, 6.45) is -0.963. The Bertz CT molecular complexity index is 653. The van der Waals surface area contributed by atoms with Crippen molar-refractivity contribution in [1.82, 2.24) is 16.0 Å². The lowest BCUT2D eigenvalue weighted by atomic mass is 10.0. The van der Waals surface area contributed by atoms with Gasteiger partial charge in [-0.05, 0) is 12.8 Å². The van der Waals surface area contributed by atoms with Gasteiger partial charge in [-0.25, -0.2) is 9.59 Å². The Morgan fingerprint density at radius 3 is 2.72 bits per heavy atom. The number of rotatable bonds is 6. The second-order valence-corrected chi connectivity index (χ2v) is 7.44. The van der Waals surface area contributed by atoms with E-state index in [1.165, 1.54) is 0 Å². The first kappa shape index (κ1) is 17.7. The molecule has 0 radical (unpaired) electrons. The molecule has 136 valence electrons. The molecule has 3 rings (SSSR count). The van der Waals surface area contributed by atoms with Gasteiger partial charge in [-0.1, -0.05) is 0 Å². The summed E-state index contributed by atoms with van der Waals surface area (Å²) in [5.74, 6) is -1.85. The number of thioether (sulfide) groups is 1. The normalized spacial score (nSPS) is 32.8. The van der Waals surface area contributed by atoms with E-state index in [4.69, 9.17) is 0 Å². The number of fused-ring (bicyclic) bond motifs is 1. The number of amides is 4. The van der Waals surface area contributed by atoms with E-state index < -0.39 is 35.6 Å². The predicted molar refractivity (Wildman–Crippen MR) is 87.4 cm³/mol. The number of carboxylic acids is 1. The van der Waals surface area contributed by atoms with Crippen molar-refractivity contribution in [2.45, 2.75) is 48.7 Å². The van der Waals surface area contributed by atoms with Gasteiger partial charge in [0.15, 0.2) is 0 Å². The number of aliphatic carboxylic acids is 1. The maximum atomic E-state index is 11.5. The summed E-state index contributed by atoms with van der Waals surface area (Å²) in [4.78, 5) is 49.2. The fourth-order valence-corrected chi connectivity index (χ4v) is 4.71. The zero-order valence-corrected chi connectivity index (χ0v) is 13.9. The molecular weight excluding hydrogens is 352 g/mol. The van der Waals surface area contributed by atoms with Gasteiger partial charge in [-0.15, -0.1) is 0 Å². The van der Waals surface area contributed by atoms with Crippen molar-refractivity contribution in [1.29, 1.82) is 0 Å². The standard InChI is InChI=1S/C14H18N4O6S/c19-7(1-2-8-10-6(4-25-8)16-14(24)18-10)11(13(22)23)15-5-3-9(20)17-12(5)21/h5-8,10,19H,1-4H2,(H,22,23)(H2,16,18,24)(H,17,20,21)/t5?,6-,7?,8-,10-/m0/s1. The molecule has 0 aromatic carbocycles. The van der Waals surface area contributed by atoms with Gasteiger partial charge in [0.2, 0.25) is 5.91 Å². The Morgan fingerprint density at radius 2 is 2.08 bits per heavy atom. The Hall–Kier alpha value is -2.14. The van der Waals surface area contributed by atoms with E-state index in [1.54, 1.807) is 11.8 Å². The van der Waals surface area contributed by atoms with Gasteiger partial charge in [0.25, 0.3) is 5.91 Å². The van der Waals surface area contributed by atoms with Crippen LogP contribution >= 0.6 is 11.8 Å². The minimum Gasteiger partial charge on any atom is -0.477 e. The van der Waals surface area contributed by atoms with Gasteiger partial charge in [0.1, 0.15) is 17.9 Å². The number of aliphatic hydroxyl groups is 1. The third-order valence-electron chi connectivity index (χ3n) is 4.44. The van der Waals surface area contributed by atoms with Crippen LogP contribution in [-0.2, 0) is 14.4 Å². The summed E-state index contributed by atoms with van der Waals surface area (Å²) in [6.45, 7) is 0. The van der Waals surface area contributed by atoms with Gasteiger partial charge in [0.05, 0.1) is 18.5 Å². The van der Waals surface area contributed by atoms with Crippen LogP contribution in [0.15, 0.2) is 4.99 Å². The van der Waals surface area contributed by atoms with Gasteiger partial charge in [-0.3, -0.25) is 19.9 Å². The molecule has 3 heterocycles. The highest BCUT2D eigenvalue weighted by Gasteiger charge is 2.43. The third kappa shape index (κ3) is 3.76. The zero-order chi connectivity index (χ0) is 18.1. The molecular formula is C14H18N4O6S. The fourth-order valence-electron chi connectivity index (χ4n) is 3.20. The van der Waals surface area contributed by atoms with Crippen LogP contribution in [0.5, 0.6) is 0 Å². The van der Waals surface area contributed by atoms with Crippen LogP contribution in [-0.4, -0.2) is 75.0 Å². The highest BCUT2D eigenvalue weighted by molar-refractivity contribution is 8.00. The minimum absolute atomic E-state index is 0.0421. The summed E-state index contributed by atoms with van der Waals surface area (Å²) < 4.78 is 0. The van der Waals surface area contributed by atoms with E-state index in [-0.39, 0.29) is 36.2 Å². The van der Waals surface area contributed by atoms with Gasteiger partial charge in [-0.2, -0.15) is 11.8 Å². The van der Waals surface area contributed by atoms with Crippen LogP contribution < -0.4 is 16.0 Å². The number of imide groups is 1. The number of aliphatic hydroxyl groups excluding tert-OH is 1. The second-order valence-electron chi connectivity index (χ2n) is 6.17. The number of hydrogen-bond acceptors (Lipinski definition) is 7. The van der Waals surface area contributed by atoms with Crippen LogP contribution in [0.3, 0.4) is 0 Å². The lowest BCUT2D eigenvalue weighted by molar-refractivity contribution is -0.130. The smallest absolute Gasteiger partial charge is 0.352 e. The monoisotopic (exact) mass is 370 g/mol. The largest absolute Gasteiger partial charge is 0.477 e. The molecule has 2 unspecified atom stereocenters. The molecule has 0 bridgehead atoms. The maximum Gasteiger partial charge on any atom is 0.352 e. The van der Waals surface area contributed by atoms with Crippen molar-refractivity contribution in [2.24, 2.45) is 4.99 Å². The molecule has 0 saturated carbocycles. The number of carbonyl (C=O) groups excluding carboxylic acids is 3. The predicted octanol–water partition coefficient (Wildman–Crippen LogP) is -1.77. The van der Waals surface area contributed by atoms with Crippen molar-refractivity contribution in [2.75, 3.05) is 5.75 Å². The summed E-state index contributed by atoms with van der Waals surface area (Å²) in [5.41, 5.74) is -0.525. The van der Waals surface area contributed by atoms with E-state index in [0.717, 1.165) is 5.75 Å². The first-order valence-corrected chi connectivity index (χ1v) is 8.91. The Morgan fingerprint density at radius 1 is 1.32 bits per heavy atom. The molecule has 11 heteroatoms. The molecule has 3 saturated heterocycles. The first-order valence-electron chi connectivity index (χ1n) is 7.86. The number of carboxylic acid groups (broad SMARTS) is 1. The molecule has 5 atom stereocenters. The van der Waals surface area contributed by atoms with Crippen LogP contribution in [0.1, 0.15) is 19.3 Å². The van der Waals surface area contributed by atoms with Gasteiger partial charge >= 0.3 is 12.0 Å². The number of hydrogen-bond donors (Lipinski definition) is 5. The highest BCUT2D eigenvalue weighted by Crippen LogP contribution is 2.33. The average molecular weight is 370 g/mol. The van der Waals surface area contributed by atoms with Crippen LogP contribution in [0.4, 0.5) is 4.79 Å². The number of nitrogens with one attached hydrogen (secondary N) is 3. The van der Waals surface area contributed by atoms with Gasteiger partial charge < -0.3 is 20.8 Å². The van der Waals surface area contributed by atoms with E-state index in [9.17, 15) is 29.4 Å². The summed E-state index contributed by atoms with van der Waals surface area (Å²) >= 11 is 1.65. The third-order valence-corrected chi connectivity index (χ3v) is 5.95. The molecule has 3 fully saturated rings. The highest BCUT2D eigenvalue weighted by atomic mass is 32.2. The van der Waals surface area contributed by atoms with E-state index in [2.05, 4.69) is 15.6 Å². The number of nitrogens with zero attached hydrogens (tertiary/aromatic N) is 1.